The number of nitrogens with zero attached hydrogens (tertiary/aromatic N) is 4. The SMILES string of the molecule is N#Cc1c(NC(=O)CN2CCN(Cc3ccncc3)CC2)sc2c1CCCCC2. The Kier molecular flexibility index (Phi) is 6.55. The average molecular weight is 410 g/mol. The standard InChI is InChI=1S/C22H27N5OS/c23-14-19-18-4-2-1-3-5-20(18)29-22(19)25-21(28)16-27-12-10-26(11-13-27)15-17-6-8-24-9-7-17/h6-9H,1-5,10-13,15-16H2,(H,25,28). The predicted molar refractivity (Wildman–Crippen MR) is 115 cm³/mol. The molecule has 0 atom stereocenters. The number of carbonyl (C=O) groups is 1. The molecule has 29 heavy (non-hydrogen) atoms. The van der Waals surface area contributed by atoms with Crippen molar-refractivity contribution in [2.45, 2.75) is 38.6 Å². The Labute approximate surface area is 176 Å². The van der Waals surface area contributed by atoms with Crippen LogP contribution in [-0.4, -0.2) is 53.4 Å². The summed E-state index contributed by atoms with van der Waals surface area (Å²) in [5.41, 5.74) is 3.14. The van der Waals surface area contributed by atoms with Gasteiger partial charge in [-0.2, -0.15) is 5.26 Å². The summed E-state index contributed by atoms with van der Waals surface area (Å²) in [6, 6.07) is 6.44. The number of hydrogen-bond donors (Lipinski definition) is 1. The summed E-state index contributed by atoms with van der Waals surface area (Å²) >= 11 is 1.61. The summed E-state index contributed by atoms with van der Waals surface area (Å²) in [7, 11) is 0. The van der Waals surface area contributed by atoms with Crippen LogP contribution in [0.25, 0.3) is 0 Å². The lowest BCUT2D eigenvalue weighted by atomic mass is 10.1. The van der Waals surface area contributed by atoms with Crippen LogP contribution in [0.15, 0.2) is 24.5 Å². The molecular weight excluding hydrogens is 382 g/mol. The monoisotopic (exact) mass is 409 g/mol. The number of rotatable bonds is 5. The van der Waals surface area contributed by atoms with Crippen molar-refractivity contribution >= 4 is 22.2 Å². The van der Waals surface area contributed by atoms with Crippen molar-refractivity contribution in [2.24, 2.45) is 0 Å². The maximum atomic E-state index is 12.6. The number of nitrogens with one attached hydrogen (secondary N) is 1. The maximum Gasteiger partial charge on any atom is 0.239 e. The molecule has 7 heteroatoms. The van der Waals surface area contributed by atoms with Crippen LogP contribution in [0.2, 0.25) is 0 Å². The van der Waals surface area contributed by atoms with Gasteiger partial charge in [-0.15, -0.1) is 11.3 Å². The molecule has 1 aliphatic carbocycles. The van der Waals surface area contributed by atoms with Gasteiger partial charge in [0.15, 0.2) is 0 Å². The van der Waals surface area contributed by atoms with Gasteiger partial charge in [0.25, 0.3) is 0 Å². The topological polar surface area (TPSA) is 72.3 Å². The zero-order chi connectivity index (χ0) is 20.1. The van der Waals surface area contributed by atoms with Gasteiger partial charge in [-0.1, -0.05) is 6.42 Å². The molecule has 0 radical (unpaired) electrons. The number of hydrogen-bond acceptors (Lipinski definition) is 6. The molecule has 152 valence electrons. The normalized spacial score (nSPS) is 17.9. The van der Waals surface area contributed by atoms with Gasteiger partial charge < -0.3 is 5.32 Å². The molecule has 0 spiro atoms. The molecule has 0 bridgehead atoms. The first kappa shape index (κ1) is 20.0. The number of pyridine rings is 1. The van der Waals surface area contributed by atoms with Gasteiger partial charge in [0.2, 0.25) is 5.91 Å². The van der Waals surface area contributed by atoms with E-state index < -0.39 is 0 Å². The van der Waals surface area contributed by atoms with Gasteiger partial charge >= 0.3 is 0 Å². The Morgan fingerprint density at radius 2 is 1.83 bits per heavy atom. The van der Waals surface area contributed by atoms with Crippen molar-refractivity contribution < 1.29 is 4.79 Å². The van der Waals surface area contributed by atoms with E-state index in [0.29, 0.717) is 12.1 Å². The number of amides is 1. The van der Waals surface area contributed by atoms with Gasteiger partial charge in [0.1, 0.15) is 11.1 Å². The Hall–Kier alpha value is -2.27. The molecule has 1 saturated heterocycles. The van der Waals surface area contributed by atoms with E-state index in [9.17, 15) is 10.1 Å². The van der Waals surface area contributed by atoms with E-state index in [4.69, 9.17) is 0 Å². The van der Waals surface area contributed by atoms with Crippen molar-refractivity contribution in [3.8, 4) is 6.07 Å². The number of aryl methyl sites for hydroxylation is 1. The highest BCUT2D eigenvalue weighted by Gasteiger charge is 2.23. The lowest BCUT2D eigenvalue weighted by molar-refractivity contribution is -0.117. The van der Waals surface area contributed by atoms with Gasteiger partial charge in [0.05, 0.1) is 12.1 Å². The number of anilines is 1. The van der Waals surface area contributed by atoms with Crippen LogP contribution in [-0.2, 0) is 24.2 Å². The second-order valence-electron chi connectivity index (χ2n) is 7.84. The smallest absolute Gasteiger partial charge is 0.239 e. The second kappa shape index (κ2) is 9.49. The number of nitriles is 1. The first-order chi connectivity index (χ1) is 14.2. The maximum absolute atomic E-state index is 12.6. The number of carbonyl (C=O) groups excluding carboxylic acids is 1. The third-order valence-corrected chi connectivity index (χ3v) is 6.98. The molecule has 2 aromatic rings. The van der Waals surface area contributed by atoms with E-state index in [1.165, 1.54) is 28.8 Å². The molecule has 1 aliphatic heterocycles. The van der Waals surface area contributed by atoms with E-state index in [1.807, 2.05) is 12.4 Å². The first-order valence-corrected chi connectivity index (χ1v) is 11.2. The van der Waals surface area contributed by atoms with E-state index in [2.05, 4.69) is 38.3 Å². The fraction of sp³-hybridized carbons (Fsp3) is 0.500. The van der Waals surface area contributed by atoms with Crippen molar-refractivity contribution in [1.82, 2.24) is 14.8 Å². The van der Waals surface area contributed by atoms with Crippen LogP contribution in [0.3, 0.4) is 0 Å². The molecule has 0 unspecified atom stereocenters. The van der Waals surface area contributed by atoms with E-state index in [1.54, 1.807) is 11.3 Å². The largest absolute Gasteiger partial charge is 0.315 e. The number of aromatic nitrogens is 1. The highest BCUT2D eigenvalue weighted by molar-refractivity contribution is 7.16. The summed E-state index contributed by atoms with van der Waals surface area (Å²) in [4.78, 5) is 22.6. The fourth-order valence-electron chi connectivity index (χ4n) is 4.17. The van der Waals surface area contributed by atoms with Gasteiger partial charge in [-0.25, -0.2) is 0 Å². The minimum atomic E-state index is -0.0134. The molecule has 1 fully saturated rings. The number of thiophene rings is 1. The minimum absolute atomic E-state index is 0.0134. The third-order valence-electron chi connectivity index (χ3n) is 5.77. The van der Waals surface area contributed by atoms with E-state index in [-0.39, 0.29) is 5.91 Å². The van der Waals surface area contributed by atoms with Crippen molar-refractivity contribution in [3.63, 3.8) is 0 Å². The zero-order valence-electron chi connectivity index (χ0n) is 16.7. The van der Waals surface area contributed by atoms with Crippen LogP contribution in [0.4, 0.5) is 5.00 Å². The molecule has 3 heterocycles. The Bertz CT molecular complexity index is 881. The van der Waals surface area contributed by atoms with Crippen molar-refractivity contribution in [1.29, 1.82) is 5.26 Å². The highest BCUT2D eigenvalue weighted by atomic mass is 32.1. The van der Waals surface area contributed by atoms with Crippen LogP contribution in [0.5, 0.6) is 0 Å². The molecule has 1 amide bonds. The molecule has 0 saturated carbocycles. The summed E-state index contributed by atoms with van der Waals surface area (Å²) in [6.45, 7) is 4.97. The number of piperazine rings is 1. The van der Waals surface area contributed by atoms with Crippen LogP contribution in [0.1, 0.15) is 40.8 Å². The molecule has 2 aromatic heterocycles. The van der Waals surface area contributed by atoms with Crippen molar-refractivity contribution in [3.05, 3.63) is 46.1 Å². The minimum Gasteiger partial charge on any atom is -0.315 e. The average Bonchev–Trinajstić information content (AvgIpc) is 2.89. The zero-order valence-corrected chi connectivity index (χ0v) is 17.5. The number of fused-ring (bicyclic) bond motifs is 1. The molecule has 2 aliphatic rings. The lowest BCUT2D eigenvalue weighted by Gasteiger charge is -2.34. The van der Waals surface area contributed by atoms with Crippen LogP contribution in [0, 0.1) is 11.3 Å². The summed E-state index contributed by atoms with van der Waals surface area (Å²) in [5.74, 6) is -0.0134. The Balaban J connectivity index is 1.29. The van der Waals surface area contributed by atoms with Crippen molar-refractivity contribution in [2.75, 3.05) is 38.0 Å². The molecular formula is C22H27N5OS. The molecule has 0 aromatic carbocycles. The van der Waals surface area contributed by atoms with Crippen LogP contribution < -0.4 is 5.32 Å². The second-order valence-corrected chi connectivity index (χ2v) is 8.94. The summed E-state index contributed by atoms with van der Waals surface area (Å²) < 4.78 is 0. The quantitative estimate of drug-likeness (QED) is 0.769. The fourth-order valence-corrected chi connectivity index (χ4v) is 5.43. The molecule has 1 N–H and O–H groups in total. The molecule has 6 nitrogen and oxygen atoms in total. The Morgan fingerprint density at radius 3 is 2.59 bits per heavy atom. The van der Waals surface area contributed by atoms with E-state index >= 15 is 0 Å². The van der Waals surface area contributed by atoms with Crippen LogP contribution >= 0.6 is 11.3 Å². The Morgan fingerprint density at radius 1 is 1.10 bits per heavy atom. The van der Waals surface area contributed by atoms with Gasteiger partial charge in [-0.05, 0) is 48.9 Å². The third kappa shape index (κ3) is 5.02. The van der Waals surface area contributed by atoms with E-state index in [0.717, 1.165) is 57.0 Å². The lowest BCUT2D eigenvalue weighted by Crippen LogP contribution is -2.48. The first-order valence-electron chi connectivity index (χ1n) is 10.4. The predicted octanol–water partition coefficient (Wildman–Crippen LogP) is 3.04. The molecule has 4 rings (SSSR count). The van der Waals surface area contributed by atoms with Gasteiger partial charge in [-0.3, -0.25) is 19.6 Å². The highest BCUT2D eigenvalue weighted by Crippen LogP contribution is 2.36. The van der Waals surface area contributed by atoms with Gasteiger partial charge in [0, 0.05) is 50.0 Å². The summed E-state index contributed by atoms with van der Waals surface area (Å²) in [6.07, 6.45) is 9.19. The summed E-state index contributed by atoms with van der Waals surface area (Å²) in [5, 5.41) is 13.4.